The molecule has 0 spiro atoms. The normalized spacial score (nSPS) is 10.6. The molecular weight excluding hydrogens is 327 g/mol. The largest absolute Gasteiger partial charge is 0.282 e. The second kappa shape index (κ2) is 7.27. The number of carbonyl (C=O) groups is 1. The summed E-state index contributed by atoms with van der Waals surface area (Å²) in [6.45, 7) is 2.39. The van der Waals surface area contributed by atoms with E-state index in [4.69, 9.17) is 0 Å². The molecule has 0 aliphatic rings. The minimum absolute atomic E-state index is 0.0316. The number of hydrogen-bond acceptors (Lipinski definition) is 5. The van der Waals surface area contributed by atoms with Crippen LogP contribution in [0.4, 0.5) is 9.52 Å². The lowest BCUT2D eigenvalue weighted by molar-refractivity contribution is 0.0983. The van der Waals surface area contributed by atoms with Crippen molar-refractivity contribution >= 4 is 22.4 Å². The van der Waals surface area contributed by atoms with Crippen molar-refractivity contribution in [3.8, 4) is 10.6 Å². The molecule has 24 heavy (non-hydrogen) atoms. The van der Waals surface area contributed by atoms with Crippen molar-refractivity contribution in [1.29, 1.82) is 0 Å². The average Bonchev–Trinajstić information content (AvgIpc) is 3.10. The standard InChI is InChI=1S/C17H15FN4OS/c1-2-10-22(16(23)13-7-3-4-8-14(13)18)17-21-20-15(24-17)12-6-5-9-19-11-12/h3-9,11H,2,10H2,1H3. The lowest BCUT2D eigenvalue weighted by Crippen LogP contribution is -2.32. The highest BCUT2D eigenvalue weighted by Gasteiger charge is 2.23. The van der Waals surface area contributed by atoms with E-state index in [-0.39, 0.29) is 5.56 Å². The van der Waals surface area contributed by atoms with Gasteiger partial charge in [0.2, 0.25) is 5.13 Å². The van der Waals surface area contributed by atoms with Crippen LogP contribution in [0.25, 0.3) is 10.6 Å². The molecule has 1 aromatic carbocycles. The Morgan fingerprint density at radius 2 is 2.04 bits per heavy atom. The van der Waals surface area contributed by atoms with Crippen LogP contribution in [0, 0.1) is 5.82 Å². The lowest BCUT2D eigenvalue weighted by Gasteiger charge is -2.18. The molecule has 0 aliphatic heterocycles. The van der Waals surface area contributed by atoms with Crippen molar-refractivity contribution < 1.29 is 9.18 Å². The Bertz CT molecular complexity index is 837. The molecule has 5 nitrogen and oxygen atoms in total. The predicted molar refractivity (Wildman–Crippen MR) is 91.5 cm³/mol. The molecule has 3 aromatic rings. The fourth-order valence-corrected chi connectivity index (χ4v) is 3.08. The Kier molecular flexibility index (Phi) is 4.90. The van der Waals surface area contributed by atoms with E-state index in [0.717, 1.165) is 12.0 Å². The molecule has 0 saturated carbocycles. The van der Waals surface area contributed by atoms with Crippen molar-refractivity contribution in [3.05, 3.63) is 60.2 Å². The lowest BCUT2D eigenvalue weighted by atomic mass is 10.2. The zero-order valence-corrected chi connectivity index (χ0v) is 13.8. The van der Waals surface area contributed by atoms with Gasteiger partial charge >= 0.3 is 0 Å². The molecule has 0 N–H and O–H groups in total. The highest BCUT2D eigenvalue weighted by atomic mass is 32.1. The Balaban J connectivity index is 1.93. The molecule has 0 saturated heterocycles. The Morgan fingerprint density at radius 3 is 2.75 bits per heavy atom. The number of halogens is 1. The third-order valence-corrected chi connectivity index (χ3v) is 4.35. The number of pyridine rings is 1. The van der Waals surface area contributed by atoms with E-state index in [2.05, 4.69) is 15.2 Å². The number of anilines is 1. The van der Waals surface area contributed by atoms with Gasteiger partial charge in [0, 0.05) is 24.5 Å². The van der Waals surface area contributed by atoms with Crippen LogP contribution in [-0.4, -0.2) is 27.6 Å². The van der Waals surface area contributed by atoms with Crippen LogP contribution in [-0.2, 0) is 0 Å². The van der Waals surface area contributed by atoms with E-state index in [1.165, 1.54) is 28.4 Å². The first kappa shape index (κ1) is 16.2. The highest BCUT2D eigenvalue weighted by Crippen LogP contribution is 2.29. The molecule has 7 heteroatoms. The third-order valence-electron chi connectivity index (χ3n) is 3.35. The van der Waals surface area contributed by atoms with Gasteiger partial charge in [-0.05, 0) is 30.7 Å². The van der Waals surface area contributed by atoms with Crippen molar-refractivity contribution in [2.24, 2.45) is 0 Å². The number of rotatable bonds is 5. The number of nitrogens with zero attached hydrogens (tertiary/aromatic N) is 4. The average molecular weight is 342 g/mol. The van der Waals surface area contributed by atoms with Gasteiger partial charge in [-0.15, -0.1) is 10.2 Å². The van der Waals surface area contributed by atoms with Gasteiger partial charge in [-0.2, -0.15) is 0 Å². The fourth-order valence-electron chi connectivity index (χ4n) is 2.22. The Hall–Kier alpha value is -2.67. The quantitative estimate of drug-likeness (QED) is 0.708. The van der Waals surface area contributed by atoms with Crippen LogP contribution < -0.4 is 4.90 Å². The SMILES string of the molecule is CCCN(C(=O)c1ccccc1F)c1nnc(-c2cccnc2)s1. The van der Waals surface area contributed by atoms with E-state index in [9.17, 15) is 9.18 Å². The maximum Gasteiger partial charge on any atom is 0.263 e. The minimum atomic E-state index is -0.541. The second-order valence-corrected chi connectivity index (χ2v) is 6.02. The third kappa shape index (κ3) is 3.30. The molecule has 122 valence electrons. The first-order chi connectivity index (χ1) is 11.7. The van der Waals surface area contributed by atoms with Crippen molar-refractivity contribution in [2.75, 3.05) is 11.4 Å². The van der Waals surface area contributed by atoms with Crippen molar-refractivity contribution in [3.63, 3.8) is 0 Å². The van der Waals surface area contributed by atoms with Gasteiger partial charge < -0.3 is 0 Å². The molecule has 0 unspecified atom stereocenters. The van der Waals surface area contributed by atoms with Crippen LogP contribution in [0.5, 0.6) is 0 Å². The first-order valence-electron chi connectivity index (χ1n) is 7.51. The summed E-state index contributed by atoms with van der Waals surface area (Å²) < 4.78 is 13.9. The van der Waals surface area contributed by atoms with Gasteiger partial charge in [0.1, 0.15) is 5.82 Å². The van der Waals surface area contributed by atoms with E-state index in [1.54, 1.807) is 24.5 Å². The fraction of sp³-hybridized carbons (Fsp3) is 0.176. The van der Waals surface area contributed by atoms with Crippen LogP contribution in [0.3, 0.4) is 0 Å². The molecule has 0 bridgehead atoms. The minimum Gasteiger partial charge on any atom is -0.282 e. The summed E-state index contributed by atoms with van der Waals surface area (Å²) in [6.07, 6.45) is 4.09. The van der Waals surface area contributed by atoms with E-state index in [0.29, 0.717) is 16.7 Å². The molecule has 2 aromatic heterocycles. The smallest absolute Gasteiger partial charge is 0.263 e. The zero-order valence-electron chi connectivity index (χ0n) is 13.0. The van der Waals surface area contributed by atoms with Crippen LogP contribution in [0.2, 0.25) is 0 Å². The molecular formula is C17H15FN4OS. The summed E-state index contributed by atoms with van der Waals surface area (Å²) in [5, 5.41) is 9.36. The first-order valence-corrected chi connectivity index (χ1v) is 8.32. The summed E-state index contributed by atoms with van der Waals surface area (Å²) in [4.78, 5) is 18.2. The molecule has 0 atom stereocenters. The van der Waals surface area contributed by atoms with Gasteiger partial charge in [-0.1, -0.05) is 30.4 Å². The monoisotopic (exact) mass is 342 g/mol. The van der Waals surface area contributed by atoms with Crippen LogP contribution in [0.15, 0.2) is 48.8 Å². The number of carbonyl (C=O) groups excluding carboxylic acids is 1. The molecule has 2 heterocycles. The van der Waals surface area contributed by atoms with Gasteiger partial charge in [0.25, 0.3) is 5.91 Å². The Morgan fingerprint density at radius 1 is 1.21 bits per heavy atom. The number of benzene rings is 1. The van der Waals surface area contributed by atoms with Gasteiger partial charge in [0.15, 0.2) is 5.01 Å². The van der Waals surface area contributed by atoms with Crippen LogP contribution in [0.1, 0.15) is 23.7 Å². The summed E-state index contributed by atoms with van der Waals surface area (Å²) in [5.41, 5.74) is 0.861. The maximum atomic E-state index is 13.9. The number of amides is 1. The van der Waals surface area contributed by atoms with Crippen molar-refractivity contribution in [2.45, 2.75) is 13.3 Å². The summed E-state index contributed by atoms with van der Waals surface area (Å²) >= 11 is 1.28. The summed E-state index contributed by atoms with van der Waals surface area (Å²) in [6, 6.07) is 9.64. The topological polar surface area (TPSA) is 59.0 Å². The summed E-state index contributed by atoms with van der Waals surface area (Å²) in [5.74, 6) is -0.954. The van der Waals surface area contributed by atoms with Crippen molar-refractivity contribution in [1.82, 2.24) is 15.2 Å². The second-order valence-electron chi connectivity index (χ2n) is 5.07. The van der Waals surface area contributed by atoms with Gasteiger partial charge in [-0.3, -0.25) is 14.7 Å². The number of hydrogen-bond donors (Lipinski definition) is 0. The molecule has 0 radical (unpaired) electrons. The molecule has 3 rings (SSSR count). The predicted octanol–water partition coefficient (Wildman–Crippen LogP) is 3.80. The molecule has 0 fully saturated rings. The van der Waals surface area contributed by atoms with Crippen LogP contribution >= 0.6 is 11.3 Å². The van der Waals surface area contributed by atoms with E-state index >= 15 is 0 Å². The summed E-state index contributed by atoms with van der Waals surface area (Å²) in [7, 11) is 0. The van der Waals surface area contributed by atoms with Gasteiger partial charge in [0.05, 0.1) is 5.56 Å². The maximum absolute atomic E-state index is 13.9. The van der Waals surface area contributed by atoms with E-state index in [1.807, 2.05) is 19.1 Å². The van der Waals surface area contributed by atoms with Gasteiger partial charge in [-0.25, -0.2) is 4.39 Å². The molecule has 1 amide bonds. The molecule has 0 aliphatic carbocycles. The van der Waals surface area contributed by atoms with E-state index < -0.39 is 11.7 Å². The Labute approximate surface area is 142 Å². The highest BCUT2D eigenvalue weighted by molar-refractivity contribution is 7.18. The zero-order chi connectivity index (χ0) is 16.9. The number of aromatic nitrogens is 3.